The molecule has 120 valence electrons. The van der Waals surface area contributed by atoms with E-state index in [1.165, 1.54) is 43.1 Å². The maximum Gasteiger partial charge on any atom is 0.116 e. The Hall–Kier alpha value is -1.54. The zero-order valence-corrected chi connectivity index (χ0v) is 13.7. The second-order valence-corrected chi connectivity index (χ2v) is 8.05. The number of hydrogen-bond donors (Lipinski definition) is 1. The SMILES string of the molecule is COC1(c2ccc3ccc(O)cc3c2)C2CC3CC(C2)CC1C3. The van der Waals surface area contributed by atoms with Crippen molar-refractivity contribution in [3.05, 3.63) is 42.0 Å². The fourth-order valence-corrected chi connectivity index (χ4v) is 6.28. The van der Waals surface area contributed by atoms with E-state index < -0.39 is 0 Å². The molecule has 2 aromatic rings. The lowest BCUT2D eigenvalue weighted by molar-refractivity contribution is -0.197. The van der Waals surface area contributed by atoms with E-state index in [1.54, 1.807) is 6.07 Å². The first-order valence-electron chi connectivity index (χ1n) is 8.97. The zero-order valence-electron chi connectivity index (χ0n) is 13.7. The molecule has 4 aliphatic carbocycles. The molecule has 0 radical (unpaired) electrons. The van der Waals surface area contributed by atoms with Gasteiger partial charge >= 0.3 is 0 Å². The Morgan fingerprint density at radius 3 is 2.17 bits per heavy atom. The Morgan fingerprint density at radius 2 is 1.52 bits per heavy atom. The van der Waals surface area contributed by atoms with Crippen LogP contribution in [0.25, 0.3) is 10.8 Å². The third kappa shape index (κ3) is 1.85. The lowest BCUT2D eigenvalue weighted by atomic mass is 9.48. The topological polar surface area (TPSA) is 29.5 Å². The zero-order chi connectivity index (χ0) is 15.6. The first-order valence-corrected chi connectivity index (χ1v) is 8.97. The van der Waals surface area contributed by atoms with Crippen molar-refractivity contribution in [1.29, 1.82) is 0 Å². The smallest absolute Gasteiger partial charge is 0.116 e. The maximum absolute atomic E-state index is 9.82. The predicted molar refractivity (Wildman–Crippen MR) is 91.3 cm³/mol. The summed E-state index contributed by atoms with van der Waals surface area (Å²) in [7, 11) is 1.91. The van der Waals surface area contributed by atoms with Crippen molar-refractivity contribution in [3.63, 3.8) is 0 Å². The normalized spacial score (nSPS) is 38.3. The Balaban J connectivity index is 1.66. The molecular formula is C21H24O2. The van der Waals surface area contributed by atoms with Crippen molar-refractivity contribution in [2.45, 2.75) is 37.7 Å². The predicted octanol–water partition coefficient (Wildman–Crippen LogP) is 4.84. The molecular weight excluding hydrogens is 284 g/mol. The van der Waals surface area contributed by atoms with Crippen LogP contribution in [0.4, 0.5) is 0 Å². The van der Waals surface area contributed by atoms with Crippen molar-refractivity contribution in [2.75, 3.05) is 7.11 Å². The molecule has 2 nitrogen and oxygen atoms in total. The first kappa shape index (κ1) is 13.9. The maximum atomic E-state index is 9.82. The van der Waals surface area contributed by atoms with Crippen molar-refractivity contribution < 1.29 is 9.84 Å². The Bertz CT molecular complexity index is 736. The van der Waals surface area contributed by atoms with Crippen molar-refractivity contribution in [3.8, 4) is 5.75 Å². The molecule has 4 aliphatic rings. The summed E-state index contributed by atoms with van der Waals surface area (Å²) in [6, 6.07) is 12.3. The highest BCUT2D eigenvalue weighted by Crippen LogP contribution is 2.63. The number of aromatic hydroxyl groups is 1. The second kappa shape index (κ2) is 4.73. The van der Waals surface area contributed by atoms with Crippen molar-refractivity contribution in [1.82, 2.24) is 0 Å². The number of fused-ring (bicyclic) bond motifs is 1. The third-order valence-electron chi connectivity index (χ3n) is 6.96. The van der Waals surface area contributed by atoms with Gasteiger partial charge in [0.2, 0.25) is 0 Å². The lowest BCUT2D eigenvalue weighted by Crippen LogP contribution is -2.56. The number of phenols is 1. The average molecular weight is 308 g/mol. The van der Waals surface area contributed by atoms with E-state index in [2.05, 4.69) is 18.2 Å². The molecule has 0 unspecified atom stereocenters. The van der Waals surface area contributed by atoms with Gasteiger partial charge in [-0.3, -0.25) is 0 Å². The van der Waals surface area contributed by atoms with Crippen LogP contribution in [0.1, 0.15) is 37.7 Å². The number of ether oxygens (including phenoxy) is 1. The Kier molecular flexibility index (Phi) is 2.85. The monoisotopic (exact) mass is 308 g/mol. The molecule has 4 bridgehead atoms. The van der Waals surface area contributed by atoms with Gasteiger partial charge in [0.15, 0.2) is 0 Å². The number of methoxy groups -OCH3 is 1. The van der Waals surface area contributed by atoms with E-state index in [4.69, 9.17) is 4.74 Å². The molecule has 0 spiro atoms. The van der Waals surface area contributed by atoms with Crippen LogP contribution in [0.2, 0.25) is 0 Å². The molecule has 0 saturated heterocycles. The molecule has 6 rings (SSSR count). The van der Waals surface area contributed by atoms with E-state index in [9.17, 15) is 5.11 Å². The summed E-state index contributed by atoms with van der Waals surface area (Å²) >= 11 is 0. The molecule has 23 heavy (non-hydrogen) atoms. The molecule has 0 aromatic heterocycles. The van der Waals surface area contributed by atoms with E-state index in [-0.39, 0.29) is 5.60 Å². The van der Waals surface area contributed by atoms with Gasteiger partial charge < -0.3 is 9.84 Å². The van der Waals surface area contributed by atoms with Crippen molar-refractivity contribution in [2.24, 2.45) is 23.7 Å². The highest BCUT2D eigenvalue weighted by atomic mass is 16.5. The van der Waals surface area contributed by atoms with Crippen LogP contribution < -0.4 is 0 Å². The van der Waals surface area contributed by atoms with E-state index in [0.29, 0.717) is 17.6 Å². The molecule has 0 atom stereocenters. The standard InChI is InChI=1S/C21H24O2/c1-23-21(18-7-13-6-14(9-18)10-19(21)8-13)17-4-2-15-3-5-20(22)12-16(15)11-17/h2-5,11-14,18-19,22H,6-10H2,1H3. The number of benzene rings is 2. The summed E-state index contributed by atoms with van der Waals surface area (Å²) < 4.78 is 6.32. The molecule has 1 N–H and O–H groups in total. The second-order valence-electron chi connectivity index (χ2n) is 8.05. The Morgan fingerprint density at radius 1 is 0.870 bits per heavy atom. The molecule has 4 saturated carbocycles. The molecule has 0 aliphatic heterocycles. The highest BCUT2D eigenvalue weighted by molar-refractivity contribution is 5.84. The fourth-order valence-electron chi connectivity index (χ4n) is 6.28. The molecule has 2 aromatic carbocycles. The van der Waals surface area contributed by atoms with Crippen LogP contribution in [0.3, 0.4) is 0 Å². The minimum atomic E-state index is -0.104. The van der Waals surface area contributed by atoms with Crippen LogP contribution in [0.15, 0.2) is 36.4 Å². The minimum Gasteiger partial charge on any atom is -0.508 e. The van der Waals surface area contributed by atoms with Crippen LogP contribution in [0, 0.1) is 23.7 Å². The molecule has 4 fully saturated rings. The summed E-state index contributed by atoms with van der Waals surface area (Å²) in [5.41, 5.74) is 1.22. The summed E-state index contributed by atoms with van der Waals surface area (Å²) in [6.45, 7) is 0. The van der Waals surface area contributed by atoms with Gasteiger partial charge in [0.05, 0.1) is 5.60 Å². The first-order chi connectivity index (χ1) is 11.2. The van der Waals surface area contributed by atoms with E-state index >= 15 is 0 Å². The summed E-state index contributed by atoms with van der Waals surface area (Å²) in [4.78, 5) is 0. The van der Waals surface area contributed by atoms with Gasteiger partial charge in [-0.05, 0) is 90.3 Å². The minimum absolute atomic E-state index is 0.104. The van der Waals surface area contributed by atoms with Crippen LogP contribution in [-0.4, -0.2) is 12.2 Å². The van der Waals surface area contributed by atoms with Gasteiger partial charge in [0.1, 0.15) is 5.75 Å². The van der Waals surface area contributed by atoms with Gasteiger partial charge in [-0.25, -0.2) is 0 Å². The Labute approximate surface area is 137 Å². The molecule has 0 heterocycles. The largest absolute Gasteiger partial charge is 0.508 e. The third-order valence-corrected chi connectivity index (χ3v) is 6.96. The molecule has 0 amide bonds. The lowest BCUT2D eigenvalue weighted by Gasteiger charge is -2.60. The van der Waals surface area contributed by atoms with Gasteiger partial charge in [-0.15, -0.1) is 0 Å². The van der Waals surface area contributed by atoms with Gasteiger partial charge in [-0.1, -0.05) is 18.2 Å². The van der Waals surface area contributed by atoms with Crippen LogP contribution >= 0.6 is 0 Å². The van der Waals surface area contributed by atoms with Gasteiger partial charge in [0, 0.05) is 7.11 Å². The highest BCUT2D eigenvalue weighted by Gasteiger charge is 2.58. The average Bonchev–Trinajstić information content (AvgIpc) is 2.54. The number of phenolic OH excluding ortho intramolecular Hbond substituents is 1. The van der Waals surface area contributed by atoms with Gasteiger partial charge in [-0.2, -0.15) is 0 Å². The van der Waals surface area contributed by atoms with E-state index in [0.717, 1.165) is 17.2 Å². The quantitative estimate of drug-likeness (QED) is 0.860. The fraction of sp³-hybridized carbons (Fsp3) is 0.524. The summed E-state index contributed by atoms with van der Waals surface area (Å²) in [5, 5.41) is 12.1. The van der Waals surface area contributed by atoms with Crippen LogP contribution in [0.5, 0.6) is 5.75 Å². The summed E-state index contributed by atoms with van der Waals surface area (Å²) in [6.07, 6.45) is 6.79. The number of hydrogen-bond acceptors (Lipinski definition) is 2. The van der Waals surface area contributed by atoms with Crippen molar-refractivity contribution >= 4 is 10.8 Å². The number of rotatable bonds is 2. The molecule has 2 heteroatoms. The van der Waals surface area contributed by atoms with E-state index in [1.807, 2.05) is 19.2 Å². The van der Waals surface area contributed by atoms with Crippen LogP contribution in [-0.2, 0) is 10.3 Å². The summed E-state index contributed by atoms with van der Waals surface area (Å²) in [5.74, 6) is 3.54. The van der Waals surface area contributed by atoms with Gasteiger partial charge in [0.25, 0.3) is 0 Å².